The molecule has 0 bridgehead atoms. The van der Waals surface area contributed by atoms with Crippen molar-refractivity contribution in [2.24, 2.45) is 7.05 Å². The summed E-state index contributed by atoms with van der Waals surface area (Å²) in [6.45, 7) is 0.680. The maximum absolute atomic E-state index is 13.8. The molecular formula is C14H13BrClFN4. The Labute approximate surface area is 134 Å². The zero-order chi connectivity index (χ0) is 15.0. The van der Waals surface area contributed by atoms with Gasteiger partial charge in [-0.3, -0.25) is 4.68 Å². The maximum atomic E-state index is 13.8. The Kier molecular flexibility index (Phi) is 3.99. The molecule has 7 heteroatoms. The monoisotopic (exact) mass is 370 g/mol. The van der Waals surface area contributed by atoms with Gasteiger partial charge in [-0.25, -0.2) is 9.37 Å². The minimum absolute atomic E-state index is 0.291. The van der Waals surface area contributed by atoms with Gasteiger partial charge in [0.15, 0.2) is 0 Å². The molecule has 3 rings (SSSR count). The van der Waals surface area contributed by atoms with Gasteiger partial charge in [-0.1, -0.05) is 0 Å². The number of imidazole rings is 1. The van der Waals surface area contributed by atoms with Crippen molar-refractivity contribution in [3.63, 3.8) is 0 Å². The Balaban J connectivity index is 2.00. The van der Waals surface area contributed by atoms with Crippen LogP contribution in [0.1, 0.15) is 11.5 Å². The van der Waals surface area contributed by atoms with E-state index in [2.05, 4.69) is 26.0 Å². The molecule has 0 aliphatic heterocycles. The molecule has 0 saturated carbocycles. The van der Waals surface area contributed by atoms with Gasteiger partial charge >= 0.3 is 0 Å². The van der Waals surface area contributed by atoms with Crippen LogP contribution in [0, 0.1) is 5.82 Å². The molecule has 21 heavy (non-hydrogen) atoms. The van der Waals surface area contributed by atoms with Gasteiger partial charge in [0.25, 0.3) is 0 Å². The summed E-state index contributed by atoms with van der Waals surface area (Å²) in [6, 6.07) is 5.14. The van der Waals surface area contributed by atoms with E-state index in [1.54, 1.807) is 12.3 Å². The molecule has 0 N–H and O–H groups in total. The molecule has 0 radical (unpaired) electrons. The van der Waals surface area contributed by atoms with Gasteiger partial charge < -0.3 is 4.57 Å². The highest BCUT2D eigenvalue weighted by molar-refractivity contribution is 9.10. The van der Waals surface area contributed by atoms with Crippen LogP contribution >= 0.6 is 27.5 Å². The molecule has 0 fully saturated rings. The first-order chi connectivity index (χ1) is 10.1. The SMILES string of the molecule is Cn1nccc1CCn1c(CCl)nc2cc(Br)c(F)cc21. The van der Waals surface area contributed by atoms with E-state index in [-0.39, 0.29) is 5.82 Å². The summed E-state index contributed by atoms with van der Waals surface area (Å²) >= 11 is 9.15. The number of hydrogen-bond donors (Lipinski definition) is 0. The number of fused-ring (bicyclic) bond motifs is 1. The van der Waals surface area contributed by atoms with Crippen molar-refractivity contribution < 1.29 is 4.39 Å². The van der Waals surface area contributed by atoms with Gasteiger partial charge in [0.05, 0.1) is 21.4 Å². The zero-order valence-corrected chi connectivity index (χ0v) is 13.7. The summed E-state index contributed by atoms with van der Waals surface area (Å²) < 4.78 is 18.0. The minimum Gasteiger partial charge on any atom is -0.326 e. The quantitative estimate of drug-likeness (QED) is 0.656. The van der Waals surface area contributed by atoms with E-state index in [1.807, 2.05) is 22.4 Å². The van der Waals surface area contributed by atoms with Gasteiger partial charge in [-0.15, -0.1) is 11.6 Å². The topological polar surface area (TPSA) is 35.6 Å². The molecule has 0 amide bonds. The molecule has 2 aromatic heterocycles. The largest absolute Gasteiger partial charge is 0.326 e. The van der Waals surface area contributed by atoms with Crippen molar-refractivity contribution in [1.29, 1.82) is 0 Å². The van der Waals surface area contributed by atoms with Crippen LogP contribution in [0.2, 0.25) is 0 Å². The highest BCUT2D eigenvalue weighted by Gasteiger charge is 2.13. The second-order valence-corrected chi connectivity index (χ2v) is 5.89. The van der Waals surface area contributed by atoms with Crippen LogP contribution in [0.15, 0.2) is 28.9 Å². The summed E-state index contributed by atoms with van der Waals surface area (Å²) in [4.78, 5) is 4.47. The van der Waals surface area contributed by atoms with Crippen LogP contribution in [0.5, 0.6) is 0 Å². The molecule has 110 valence electrons. The van der Waals surface area contributed by atoms with E-state index >= 15 is 0 Å². The highest BCUT2D eigenvalue weighted by atomic mass is 79.9. The summed E-state index contributed by atoms with van der Waals surface area (Å²) in [5.74, 6) is 0.732. The van der Waals surface area contributed by atoms with Gasteiger partial charge in [0, 0.05) is 38.0 Å². The Hall–Kier alpha value is -1.40. The lowest BCUT2D eigenvalue weighted by Crippen LogP contribution is -2.08. The molecule has 4 nitrogen and oxygen atoms in total. The van der Waals surface area contributed by atoms with Gasteiger partial charge in [0.2, 0.25) is 0 Å². The zero-order valence-electron chi connectivity index (χ0n) is 11.4. The number of aryl methyl sites for hydroxylation is 3. The van der Waals surface area contributed by atoms with Gasteiger partial charge in [0.1, 0.15) is 11.6 Å². The number of alkyl halides is 1. The Morgan fingerprint density at radius 1 is 1.38 bits per heavy atom. The third kappa shape index (κ3) is 2.70. The first-order valence-corrected chi connectivity index (χ1v) is 7.80. The fourth-order valence-electron chi connectivity index (χ4n) is 2.39. The van der Waals surface area contributed by atoms with Gasteiger partial charge in [-0.05, 0) is 28.1 Å². The molecular weight excluding hydrogens is 359 g/mol. The lowest BCUT2D eigenvalue weighted by molar-refractivity contribution is 0.616. The van der Waals surface area contributed by atoms with E-state index in [9.17, 15) is 4.39 Å². The van der Waals surface area contributed by atoms with E-state index in [1.165, 1.54) is 6.07 Å². The van der Waals surface area contributed by atoms with Gasteiger partial charge in [-0.2, -0.15) is 5.10 Å². The average Bonchev–Trinajstić information content (AvgIpc) is 3.01. The van der Waals surface area contributed by atoms with Crippen LogP contribution < -0.4 is 0 Å². The molecule has 3 aromatic rings. The number of rotatable bonds is 4. The van der Waals surface area contributed by atoms with Crippen LogP contribution in [0.4, 0.5) is 4.39 Å². The maximum Gasteiger partial charge on any atom is 0.139 e. The van der Waals surface area contributed by atoms with Crippen LogP contribution in [0.25, 0.3) is 11.0 Å². The number of nitrogens with zero attached hydrogens (tertiary/aromatic N) is 4. The third-order valence-electron chi connectivity index (χ3n) is 3.50. The normalized spacial score (nSPS) is 11.4. The third-order valence-corrected chi connectivity index (χ3v) is 4.35. The second kappa shape index (κ2) is 5.77. The predicted octanol–water partition coefficient (Wildman–Crippen LogP) is 3.65. The fourth-order valence-corrected chi connectivity index (χ4v) is 2.93. The minimum atomic E-state index is -0.301. The number of halogens is 3. The van der Waals surface area contributed by atoms with Crippen molar-refractivity contribution >= 4 is 38.6 Å². The van der Waals surface area contributed by atoms with E-state index in [0.29, 0.717) is 16.9 Å². The van der Waals surface area contributed by atoms with Crippen molar-refractivity contribution in [1.82, 2.24) is 19.3 Å². The lowest BCUT2D eigenvalue weighted by Gasteiger charge is -2.08. The Morgan fingerprint density at radius 2 is 2.19 bits per heavy atom. The van der Waals surface area contributed by atoms with Crippen LogP contribution in [-0.4, -0.2) is 19.3 Å². The Bertz CT molecular complexity index is 796. The fraction of sp³-hybridized carbons (Fsp3) is 0.286. The summed E-state index contributed by atoms with van der Waals surface area (Å²) in [6.07, 6.45) is 2.55. The Morgan fingerprint density at radius 3 is 2.86 bits per heavy atom. The van der Waals surface area contributed by atoms with Crippen molar-refractivity contribution in [3.05, 3.63) is 46.2 Å². The molecule has 0 saturated heterocycles. The molecule has 0 unspecified atom stereocenters. The van der Waals surface area contributed by atoms with Crippen molar-refractivity contribution in [2.45, 2.75) is 18.8 Å². The molecule has 0 aliphatic rings. The molecule has 2 heterocycles. The summed E-state index contributed by atoms with van der Waals surface area (Å²) in [5.41, 5.74) is 2.60. The van der Waals surface area contributed by atoms with Crippen molar-refractivity contribution in [3.8, 4) is 0 Å². The molecule has 0 spiro atoms. The van der Waals surface area contributed by atoms with Crippen LogP contribution in [0.3, 0.4) is 0 Å². The average molecular weight is 372 g/mol. The first kappa shape index (κ1) is 14.5. The first-order valence-electron chi connectivity index (χ1n) is 6.47. The smallest absolute Gasteiger partial charge is 0.139 e. The number of hydrogen-bond acceptors (Lipinski definition) is 2. The predicted molar refractivity (Wildman–Crippen MR) is 83.9 cm³/mol. The van der Waals surface area contributed by atoms with E-state index in [0.717, 1.165) is 29.0 Å². The lowest BCUT2D eigenvalue weighted by atomic mass is 10.2. The number of benzene rings is 1. The number of aromatic nitrogens is 4. The van der Waals surface area contributed by atoms with E-state index in [4.69, 9.17) is 11.6 Å². The summed E-state index contributed by atoms with van der Waals surface area (Å²) in [7, 11) is 1.90. The standard InChI is InChI=1S/C14H13BrClFN4/c1-20-9(2-4-18-20)3-5-21-13-7-11(17)10(15)6-12(13)19-14(21)8-16/h2,4,6-7H,3,5,8H2,1H3. The second-order valence-electron chi connectivity index (χ2n) is 4.76. The molecule has 1 aromatic carbocycles. The highest BCUT2D eigenvalue weighted by Crippen LogP contribution is 2.25. The van der Waals surface area contributed by atoms with Crippen LogP contribution in [-0.2, 0) is 25.9 Å². The van der Waals surface area contributed by atoms with Crippen molar-refractivity contribution in [2.75, 3.05) is 0 Å². The summed E-state index contributed by atoms with van der Waals surface area (Å²) in [5, 5.41) is 4.15. The molecule has 0 atom stereocenters. The molecule has 0 aliphatic carbocycles. The van der Waals surface area contributed by atoms with E-state index < -0.39 is 0 Å².